The molecule has 0 aliphatic carbocycles. The predicted octanol–water partition coefficient (Wildman–Crippen LogP) is 1.55. The molecule has 0 bridgehead atoms. The van der Waals surface area contributed by atoms with Gasteiger partial charge in [-0.05, 0) is 24.1 Å². The van der Waals surface area contributed by atoms with Crippen LogP contribution in [0.2, 0.25) is 0 Å². The highest BCUT2D eigenvalue weighted by molar-refractivity contribution is 6.17. The molecule has 0 heterocycles. The quantitative estimate of drug-likeness (QED) is 0.704. The van der Waals surface area contributed by atoms with E-state index < -0.39 is 29.6 Å². The Morgan fingerprint density at radius 1 is 1.41 bits per heavy atom. The van der Waals surface area contributed by atoms with Crippen LogP contribution in [0.5, 0.6) is 0 Å². The van der Waals surface area contributed by atoms with Crippen molar-refractivity contribution in [2.45, 2.75) is 18.6 Å². The molecule has 1 rings (SSSR count). The summed E-state index contributed by atoms with van der Waals surface area (Å²) >= 11 is 5.40. The molecule has 94 valence electrons. The highest BCUT2D eigenvalue weighted by atomic mass is 35.5. The first-order valence-electron chi connectivity index (χ1n) is 4.92. The second-order valence-electron chi connectivity index (χ2n) is 3.53. The Kier molecular flexibility index (Phi) is 4.86. The molecule has 1 aromatic carbocycles. The average Bonchev–Trinajstić information content (AvgIpc) is 2.27. The lowest BCUT2D eigenvalue weighted by Crippen LogP contribution is -2.19. The van der Waals surface area contributed by atoms with Crippen LogP contribution < -0.4 is 0 Å². The van der Waals surface area contributed by atoms with Crippen LogP contribution in [0.1, 0.15) is 28.4 Å². The number of aliphatic hydroxyl groups is 2. The van der Waals surface area contributed by atoms with Gasteiger partial charge in [-0.25, -0.2) is 9.18 Å². The molecule has 0 spiro atoms. The maximum Gasteiger partial charge on any atom is 0.338 e. The van der Waals surface area contributed by atoms with Crippen molar-refractivity contribution >= 4 is 17.6 Å². The van der Waals surface area contributed by atoms with Gasteiger partial charge in [-0.1, -0.05) is 6.07 Å². The Morgan fingerprint density at radius 3 is 2.53 bits per heavy atom. The Bertz CT molecular complexity index is 410. The van der Waals surface area contributed by atoms with E-state index in [0.717, 1.165) is 12.1 Å². The predicted molar refractivity (Wildman–Crippen MR) is 59.7 cm³/mol. The number of carboxylic acid groups (broad SMARTS) is 1. The summed E-state index contributed by atoms with van der Waals surface area (Å²) < 4.78 is 13.3. The minimum atomic E-state index is -1.38. The lowest BCUT2D eigenvalue weighted by molar-refractivity contribution is 0.0168. The van der Waals surface area contributed by atoms with Gasteiger partial charge >= 0.3 is 5.97 Å². The molecule has 0 saturated carbocycles. The van der Waals surface area contributed by atoms with Crippen molar-refractivity contribution in [2.24, 2.45) is 0 Å². The third kappa shape index (κ3) is 3.39. The smallest absolute Gasteiger partial charge is 0.338 e. The topological polar surface area (TPSA) is 77.8 Å². The lowest BCUT2D eigenvalue weighted by Gasteiger charge is -2.17. The number of alkyl halides is 1. The molecule has 0 aromatic heterocycles. The number of hydrogen-bond donors (Lipinski definition) is 3. The second-order valence-corrected chi connectivity index (χ2v) is 3.91. The minimum absolute atomic E-state index is 0.116. The summed E-state index contributed by atoms with van der Waals surface area (Å²) in [7, 11) is 0. The van der Waals surface area contributed by atoms with E-state index >= 15 is 0 Å². The molecule has 0 amide bonds. The minimum Gasteiger partial charge on any atom is -0.478 e. The fourth-order valence-corrected chi connectivity index (χ4v) is 1.60. The third-order valence-corrected chi connectivity index (χ3v) is 2.55. The van der Waals surface area contributed by atoms with Crippen molar-refractivity contribution in [1.29, 1.82) is 0 Å². The summed E-state index contributed by atoms with van der Waals surface area (Å²) in [5, 5.41) is 27.7. The maximum absolute atomic E-state index is 13.3. The van der Waals surface area contributed by atoms with Crippen LogP contribution in [0.3, 0.4) is 0 Å². The number of benzene rings is 1. The van der Waals surface area contributed by atoms with Crippen molar-refractivity contribution in [3.05, 3.63) is 35.1 Å². The summed E-state index contributed by atoms with van der Waals surface area (Å²) in [6, 6.07) is 3.20. The van der Waals surface area contributed by atoms with E-state index in [1.807, 2.05) is 0 Å². The Hall–Kier alpha value is -1.17. The van der Waals surface area contributed by atoms with E-state index in [1.165, 1.54) is 6.07 Å². The van der Waals surface area contributed by atoms with Crippen LogP contribution in [-0.2, 0) is 0 Å². The number of aromatic carboxylic acids is 1. The fraction of sp³-hybridized carbons (Fsp3) is 0.364. The van der Waals surface area contributed by atoms with E-state index in [4.69, 9.17) is 16.7 Å². The van der Waals surface area contributed by atoms with Crippen molar-refractivity contribution in [3.8, 4) is 0 Å². The summed E-state index contributed by atoms with van der Waals surface area (Å²) in [6.07, 6.45) is -2.24. The molecule has 1 aromatic rings. The van der Waals surface area contributed by atoms with E-state index in [1.54, 1.807) is 0 Å². The van der Waals surface area contributed by atoms with Gasteiger partial charge in [-0.15, -0.1) is 11.6 Å². The number of halogens is 2. The highest BCUT2D eigenvalue weighted by Crippen LogP contribution is 2.21. The summed E-state index contributed by atoms with van der Waals surface area (Å²) in [6.45, 7) is 0. The van der Waals surface area contributed by atoms with Crippen LogP contribution in [0.15, 0.2) is 18.2 Å². The zero-order chi connectivity index (χ0) is 13.0. The Balaban J connectivity index is 2.93. The van der Waals surface area contributed by atoms with E-state index in [0.29, 0.717) is 0 Å². The van der Waals surface area contributed by atoms with Crippen LogP contribution in [0.4, 0.5) is 4.39 Å². The molecule has 17 heavy (non-hydrogen) atoms. The molecule has 4 nitrogen and oxygen atoms in total. The normalized spacial score (nSPS) is 14.4. The zero-order valence-corrected chi connectivity index (χ0v) is 9.56. The molecule has 0 aliphatic heterocycles. The maximum atomic E-state index is 13.3. The number of rotatable bonds is 5. The van der Waals surface area contributed by atoms with Gasteiger partial charge in [0.15, 0.2) is 0 Å². The molecule has 0 aliphatic rings. The first kappa shape index (κ1) is 13.9. The van der Waals surface area contributed by atoms with Crippen molar-refractivity contribution < 1.29 is 24.5 Å². The lowest BCUT2D eigenvalue weighted by atomic mass is 10.0. The van der Waals surface area contributed by atoms with Gasteiger partial charge in [0, 0.05) is 5.88 Å². The van der Waals surface area contributed by atoms with E-state index in [9.17, 15) is 19.4 Å². The highest BCUT2D eigenvalue weighted by Gasteiger charge is 2.20. The van der Waals surface area contributed by atoms with Gasteiger partial charge in [0.2, 0.25) is 0 Å². The van der Waals surface area contributed by atoms with Crippen LogP contribution in [0, 0.1) is 5.82 Å². The summed E-state index contributed by atoms with van der Waals surface area (Å²) in [4.78, 5) is 10.6. The first-order valence-corrected chi connectivity index (χ1v) is 5.45. The number of carboxylic acids is 1. The summed E-state index contributed by atoms with van der Waals surface area (Å²) in [5.74, 6) is -2.18. The van der Waals surface area contributed by atoms with E-state index in [-0.39, 0.29) is 17.9 Å². The van der Waals surface area contributed by atoms with Crippen LogP contribution >= 0.6 is 11.6 Å². The molecular weight excluding hydrogens is 251 g/mol. The number of hydrogen-bond acceptors (Lipinski definition) is 3. The van der Waals surface area contributed by atoms with Gasteiger partial charge in [0.25, 0.3) is 0 Å². The van der Waals surface area contributed by atoms with Crippen LogP contribution in [0.25, 0.3) is 0 Å². The molecule has 2 atom stereocenters. The molecule has 6 heteroatoms. The standard InChI is InChI=1S/C11H12ClFO4/c12-4-3-9(14)10(15)6-1-2-7(11(16)17)8(13)5-6/h1-2,5,9-10,14-15H,3-4H2,(H,16,17). The van der Waals surface area contributed by atoms with Gasteiger partial charge in [-0.2, -0.15) is 0 Å². The first-order chi connectivity index (χ1) is 7.97. The molecule has 0 saturated heterocycles. The van der Waals surface area contributed by atoms with Crippen molar-refractivity contribution in [2.75, 3.05) is 5.88 Å². The Labute approximate surface area is 102 Å². The SMILES string of the molecule is O=C(O)c1ccc(C(O)C(O)CCCl)cc1F. The van der Waals surface area contributed by atoms with Crippen molar-refractivity contribution in [1.82, 2.24) is 0 Å². The fourth-order valence-electron chi connectivity index (χ4n) is 1.38. The van der Waals surface area contributed by atoms with Gasteiger partial charge in [-0.3, -0.25) is 0 Å². The molecule has 0 radical (unpaired) electrons. The number of carbonyl (C=O) groups is 1. The zero-order valence-electron chi connectivity index (χ0n) is 8.81. The third-order valence-electron chi connectivity index (χ3n) is 2.33. The number of aliphatic hydroxyl groups excluding tert-OH is 2. The van der Waals surface area contributed by atoms with Gasteiger partial charge in [0.05, 0.1) is 11.7 Å². The Morgan fingerprint density at radius 2 is 2.06 bits per heavy atom. The second kappa shape index (κ2) is 5.95. The van der Waals surface area contributed by atoms with Crippen LogP contribution in [-0.4, -0.2) is 33.3 Å². The molecule has 2 unspecified atom stereocenters. The molecular formula is C11H12ClFO4. The van der Waals surface area contributed by atoms with E-state index in [2.05, 4.69) is 0 Å². The van der Waals surface area contributed by atoms with Gasteiger partial charge in [0.1, 0.15) is 11.9 Å². The summed E-state index contributed by atoms with van der Waals surface area (Å²) in [5.41, 5.74) is -0.363. The van der Waals surface area contributed by atoms with Crippen molar-refractivity contribution in [3.63, 3.8) is 0 Å². The molecule has 3 N–H and O–H groups in total. The largest absolute Gasteiger partial charge is 0.478 e. The monoisotopic (exact) mass is 262 g/mol. The molecule has 0 fully saturated rings. The van der Waals surface area contributed by atoms with Gasteiger partial charge < -0.3 is 15.3 Å². The average molecular weight is 263 g/mol.